The van der Waals surface area contributed by atoms with E-state index in [1.807, 2.05) is 26.8 Å². The number of guanidine groups is 1. The van der Waals surface area contributed by atoms with Gasteiger partial charge in [-0.15, -0.1) is 5.92 Å². The Morgan fingerprint density at radius 3 is 2.62 bits per heavy atom. The van der Waals surface area contributed by atoms with Crippen molar-refractivity contribution in [2.45, 2.75) is 59.0 Å². The molecule has 146 valence electrons. The summed E-state index contributed by atoms with van der Waals surface area (Å²) in [6.07, 6.45) is 5.83. The fourth-order valence-corrected chi connectivity index (χ4v) is 1.94. The van der Waals surface area contributed by atoms with Gasteiger partial charge in [-0.05, 0) is 64.7 Å². The van der Waals surface area contributed by atoms with Gasteiger partial charge in [0, 0.05) is 6.54 Å². The second kappa shape index (κ2) is 13.8. The summed E-state index contributed by atoms with van der Waals surface area (Å²) in [7, 11) is 0. The average Bonchev–Trinajstić information content (AvgIpc) is 2.58. The Morgan fingerprint density at radius 2 is 2.00 bits per heavy atom. The number of nitrogens with zero attached hydrogens (tertiary/aromatic N) is 1. The monoisotopic (exact) mass is 363 g/mol. The summed E-state index contributed by atoms with van der Waals surface area (Å²) in [5.74, 6) is 6.34. The van der Waals surface area contributed by atoms with Crippen molar-refractivity contribution in [3.63, 3.8) is 0 Å². The summed E-state index contributed by atoms with van der Waals surface area (Å²) < 4.78 is 5.70. The van der Waals surface area contributed by atoms with E-state index in [0.717, 1.165) is 24.2 Å². The first-order valence-electron chi connectivity index (χ1n) is 8.78. The van der Waals surface area contributed by atoms with Gasteiger partial charge in [-0.2, -0.15) is 0 Å². The van der Waals surface area contributed by atoms with E-state index in [0.29, 0.717) is 19.6 Å². The van der Waals surface area contributed by atoms with Crippen LogP contribution in [0.4, 0.5) is 0 Å². The molecule has 0 aromatic rings. The lowest BCUT2D eigenvalue weighted by Crippen LogP contribution is -2.45. The molecule has 7 N–H and O–H groups in total. The highest BCUT2D eigenvalue weighted by molar-refractivity contribution is 5.81. The molecule has 0 saturated carbocycles. The van der Waals surface area contributed by atoms with Crippen LogP contribution in [0.3, 0.4) is 0 Å². The molecule has 0 radical (unpaired) electrons. The van der Waals surface area contributed by atoms with Gasteiger partial charge in [0.05, 0.1) is 17.8 Å². The van der Waals surface area contributed by atoms with Crippen LogP contribution in [0, 0.1) is 11.8 Å². The molecule has 26 heavy (non-hydrogen) atoms. The van der Waals surface area contributed by atoms with Crippen LogP contribution in [0.25, 0.3) is 0 Å². The second-order valence-corrected chi connectivity index (χ2v) is 6.10. The van der Waals surface area contributed by atoms with Crippen molar-refractivity contribution >= 4 is 11.9 Å². The number of unbranched alkanes of at least 4 members (excludes halogenated alkanes) is 1. The minimum atomic E-state index is -0.550. The first-order valence-corrected chi connectivity index (χ1v) is 8.78. The molecule has 0 aromatic heterocycles. The van der Waals surface area contributed by atoms with Crippen LogP contribution in [0.15, 0.2) is 28.5 Å². The molecule has 0 spiro atoms. The van der Waals surface area contributed by atoms with Crippen LogP contribution >= 0.6 is 0 Å². The van der Waals surface area contributed by atoms with Crippen LogP contribution in [0.1, 0.15) is 47.0 Å². The van der Waals surface area contributed by atoms with Crippen molar-refractivity contribution in [2.24, 2.45) is 22.2 Å². The number of aliphatic imine (C=N–C) groups is 1. The average molecular weight is 364 g/mol. The summed E-state index contributed by atoms with van der Waals surface area (Å²) in [5, 5.41) is 2.87. The number of nitrogens with two attached hydrogens (primary N) is 3. The molecule has 7 heteroatoms. The zero-order valence-electron chi connectivity index (χ0n) is 16.3. The molecule has 0 fully saturated rings. The summed E-state index contributed by atoms with van der Waals surface area (Å²) in [6.45, 7) is 8.42. The molecule has 2 atom stereocenters. The number of carbonyl (C=O) groups is 1. The van der Waals surface area contributed by atoms with E-state index in [-0.39, 0.29) is 17.9 Å². The predicted octanol–water partition coefficient (Wildman–Crippen LogP) is 1.15. The Bertz CT molecular complexity index is 580. The molecule has 0 heterocycles. The van der Waals surface area contributed by atoms with E-state index in [1.54, 1.807) is 13.0 Å². The second-order valence-electron chi connectivity index (χ2n) is 6.10. The van der Waals surface area contributed by atoms with Gasteiger partial charge in [-0.25, -0.2) is 0 Å². The van der Waals surface area contributed by atoms with Crippen LogP contribution < -0.4 is 22.5 Å². The third-order valence-corrected chi connectivity index (χ3v) is 3.61. The number of hydrogen-bond acceptors (Lipinski definition) is 4. The van der Waals surface area contributed by atoms with Gasteiger partial charge in [0.2, 0.25) is 5.91 Å². The number of carbonyl (C=O) groups excluding carboxylic acids is 1. The van der Waals surface area contributed by atoms with Crippen LogP contribution in [-0.4, -0.2) is 37.1 Å². The molecular formula is C19H33N5O2. The smallest absolute Gasteiger partial charge is 0.237 e. The van der Waals surface area contributed by atoms with Crippen molar-refractivity contribution < 1.29 is 9.53 Å². The molecule has 1 amide bonds. The maximum absolute atomic E-state index is 12.1. The molecule has 0 aromatic carbocycles. The highest BCUT2D eigenvalue weighted by atomic mass is 16.5. The van der Waals surface area contributed by atoms with Gasteiger partial charge in [0.1, 0.15) is 6.61 Å². The lowest BCUT2D eigenvalue weighted by Gasteiger charge is -2.18. The van der Waals surface area contributed by atoms with Crippen molar-refractivity contribution in [1.29, 1.82) is 0 Å². The Hall–Kier alpha value is -2.46. The standard InChI is InChI=1S/C19H33N5O2/c1-5-6-7-10-14(2)16(4)26-13-15(3)24-18(25)17(20)11-8-9-12-23-19(21)22/h7,10,15,17H,8-9,11-13,20H2,1-4H3,(H,24,25)(H4,21,22,23). The molecule has 2 unspecified atom stereocenters. The quantitative estimate of drug-likeness (QED) is 0.109. The van der Waals surface area contributed by atoms with Gasteiger partial charge >= 0.3 is 0 Å². The molecule has 0 saturated heterocycles. The van der Waals surface area contributed by atoms with Gasteiger partial charge in [-0.1, -0.05) is 5.92 Å². The van der Waals surface area contributed by atoms with Crippen molar-refractivity contribution in [3.8, 4) is 11.8 Å². The zero-order valence-corrected chi connectivity index (χ0v) is 16.3. The molecule has 0 aliphatic rings. The van der Waals surface area contributed by atoms with Crippen LogP contribution in [0.2, 0.25) is 0 Å². The van der Waals surface area contributed by atoms with Crippen molar-refractivity contribution in [2.75, 3.05) is 13.2 Å². The van der Waals surface area contributed by atoms with Crippen LogP contribution in [-0.2, 0) is 9.53 Å². The lowest BCUT2D eigenvalue weighted by molar-refractivity contribution is -0.123. The highest BCUT2D eigenvalue weighted by Gasteiger charge is 2.15. The normalized spacial score (nSPS) is 13.9. The van der Waals surface area contributed by atoms with Gasteiger partial charge in [0.25, 0.3) is 0 Å². The van der Waals surface area contributed by atoms with E-state index in [9.17, 15) is 4.79 Å². The SMILES string of the molecule is CC#CC=CC(C)=C(C)OCC(C)NC(=O)C(N)CCCCN=C(N)N. The number of allylic oxidation sites excluding steroid dienone is 4. The number of nitrogens with one attached hydrogen (secondary N) is 1. The number of rotatable bonds is 11. The first kappa shape index (κ1) is 23.5. The zero-order chi connectivity index (χ0) is 19.9. The summed E-state index contributed by atoms with van der Waals surface area (Å²) in [5.41, 5.74) is 17.4. The minimum absolute atomic E-state index is 0.0780. The van der Waals surface area contributed by atoms with Gasteiger partial charge in [-0.3, -0.25) is 9.79 Å². The first-order chi connectivity index (χ1) is 12.3. The summed E-state index contributed by atoms with van der Waals surface area (Å²) in [4.78, 5) is 16.0. The van der Waals surface area contributed by atoms with E-state index in [2.05, 4.69) is 22.2 Å². The fraction of sp³-hybridized carbons (Fsp3) is 0.579. The number of amides is 1. The van der Waals surface area contributed by atoms with Crippen LogP contribution in [0.5, 0.6) is 0 Å². The third-order valence-electron chi connectivity index (χ3n) is 3.61. The van der Waals surface area contributed by atoms with Gasteiger partial charge < -0.3 is 27.3 Å². The number of ether oxygens (including phenoxy) is 1. The Labute approximate surface area is 157 Å². The van der Waals surface area contributed by atoms with E-state index < -0.39 is 6.04 Å². The Morgan fingerprint density at radius 1 is 1.31 bits per heavy atom. The highest BCUT2D eigenvalue weighted by Crippen LogP contribution is 2.07. The third kappa shape index (κ3) is 12.0. The minimum Gasteiger partial charge on any atom is -0.496 e. The Kier molecular flexibility index (Phi) is 12.5. The van der Waals surface area contributed by atoms with E-state index >= 15 is 0 Å². The number of hydrogen-bond donors (Lipinski definition) is 4. The predicted molar refractivity (Wildman–Crippen MR) is 107 cm³/mol. The maximum Gasteiger partial charge on any atom is 0.237 e. The largest absolute Gasteiger partial charge is 0.496 e. The molecular weight excluding hydrogens is 330 g/mol. The molecule has 0 aliphatic carbocycles. The molecule has 7 nitrogen and oxygen atoms in total. The summed E-state index contributed by atoms with van der Waals surface area (Å²) >= 11 is 0. The fourth-order valence-electron chi connectivity index (χ4n) is 1.94. The molecule has 0 bridgehead atoms. The van der Waals surface area contributed by atoms with E-state index in [1.165, 1.54) is 0 Å². The lowest BCUT2D eigenvalue weighted by atomic mass is 10.1. The topological polar surface area (TPSA) is 129 Å². The van der Waals surface area contributed by atoms with Gasteiger partial charge in [0.15, 0.2) is 5.96 Å². The van der Waals surface area contributed by atoms with Crippen molar-refractivity contribution in [3.05, 3.63) is 23.5 Å². The molecule has 0 aliphatic heterocycles. The Balaban J connectivity index is 4.18. The van der Waals surface area contributed by atoms with E-state index in [4.69, 9.17) is 21.9 Å². The van der Waals surface area contributed by atoms with Crippen molar-refractivity contribution in [1.82, 2.24) is 5.32 Å². The molecule has 0 rings (SSSR count). The maximum atomic E-state index is 12.1. The summed E-state index contributed by atoms with van der Waals surface area (Å²) in [6, 6.07) is -0.692.